The standard InChI is InChI=1S/C19H24FN3O6/c1-13(24)23(26)12-15-11-22(18(25)29-15)14-2-3-17(16(20)10-14)21-6-4-19(5-7-21)27-8-9-28-19/h2-3,10,15,23H,4-9,11-12H2,1H3. The molecule has 3 aliphatic rings. The number of amides is 2. The number of piperidine rings is 1. The van der Waals surface area contributed by atoms with Gasteiger partial charge in [-0.25, -0.2) is 14.0 Å². The van der Waals surface area contributed by atoms with Crippen molar-refractivity contribution in [1.29, 1.82) is 0 Å². The lowest BCUT2D eigenvalue weighted by Gasteiger charge is -2.38. The zero-order valence-corrected chi connectivity index (χ0v) is 16.2. The van der Waals surface area contributed by atoms with Crippen molar-refractivity contribution < 1.29 is 33.3 Å². The molecule has 0 aromatic heterocycles. The van der Waals surface area contributed by atoms with Gasteiger partial charge in [-0.2, -0.15) is 0 Å². The van der Waals surface area contributed by atoms with Gasteiger partial charge in [0.15, 0.2) is 11.9 Å². The Morgan fingerprint density at radius 2 is 2.00 bits per heavy atom. The number of hydrogen-bond donors (Lipinski definition) is 1. The number of hydroxylamine groups is 2. The number of cyclic esters (lactones) is 1. The first-order valence-corrected chi connectivity index (χ1v) is 9.71. The van der Waals surface area contributed by atoms with E-state index in [0.29, 0.717) is 50.5 Å². The van der Waals surface area contributed by atoms with Crippen LogP contribution in [0.3, 0.4) is 0 Å². The van der Waals surface area contributed by atoms with Crippen LogP contribution in [0, 0.1) is 11.0 Å². The van der Waals surface area contributed by atoms with Crippen molar-refractivity contribution in [3.05, 3.63) is 29.2 Å². The second kappa shape index (κ2) is 7.86. The molecule has 2 amide bonds. The number of ether oxygens (including phenoxy) is 3. The van der Waals surface area contributed by atoms with Crippen LogP contribution in [0.15, 0.2) is 18.2 Å². The molecule has 158 valence electrons. The Kier molecular flexibility index (Phi) is 5.43. The number of anilines is 2. The molecule has 29 heavy (non-hydrogen) atoms. The van der Waals surface area contributed by atoms with Crippen LogP contribution in [0.5, 0.6) is 0 Å². The summed E-state index contributed by atoms with van der Waals surface area (Å²) in [6.45, 7) is 3.50. The molecule has 0 aliphatic carbocycles. The number of quaternary nitrogens is 1. The van der Waals surface area contributed by atoms with Crippen molar-refractivity contribution in [2.75, 3.05) is 49.2 Å². The molecule has 1 unspecified atom stereocenters. The van der Waals surface area contributed by atoms with Crippen LogP contribution >= 0.6 is 0 Å². The third-order valence-corrected chi connectivity index (χ3v) is 5.60. The van der Waals surface area contributed by atoms with Gasteiger partial charge in [-0.15, -0.1) is 0 Å². The summed E-state index contributed by atoms with van der Waals surface area (Å²) in [6.07, 6.45) is -0.0444. The van der Waals surface area contributed by atoms with Crippen molar-refractivity contribution in [2.45, 2.75) is 31.7 Å². The molecule has 0 saturated carbocycles. The van der Waals surface area contributed by atoms with Gasteiger partial charge >= 0.3 is 12.0 Å². The number of hydrogen-bond acceptors (Lipinski definition) is 7. The van der Waals surface area contributed by atoms with E-state index < -0.39 is 34.8 Å². The highest BCUT2D eigenvalue weighted by Gasteiger charge is 2.40. The summed E-state index contributed by atoms with van der Waals surface area (Å²) >= 11 is 0. The molecule has 1 N–H and O–H groups in total. The van der Waals surface area contributed by atoms with E-state index in [1.54, 1.807) is 12.1 Å². The van der Waals surface area contributed by atoms with Crippen LogP contribution in [-0.4, -0.2) is 63.3 Å². The van der Waals surface area contributed by atoms with Gasteiger partial charge in [-0.3, -0.25) is 4.90 Å². The predicted molar refractivity (Wildman–Crippen MR) is 100.0 cm³/mol. The highest BCUT2D eigenvalue weighted by molar-refractivity contribution is 5.90. The minimum atomic E-state index is -0.716. The van der Waals surface area contributed by atoms with Crippen LogP contribution in [0.25, 0.3) is 0 Å². The third-order valence-electron chi connectivity index (χ3n) is 5.60. The molecule has 1 spiro atoms. The Bertz CT molecular complexity index is 790. The normalized spacial score (nSPS) is 24.8. The van der Waals surface area contributed by atoms with Crippen molar-refractivity contribution in [1.82, 2.24) is 0 Å². The van der Waals surface area contributed by atoms with E-state index in [1.165, 1.54) is 17.9 Å². The fourth-order valence-electron chi connectivity index (χ4n) is 3.98. The Hall–Kier alpha value is -2.27. The van der Waals surface area contributed by atoms with Gasteiger partial charge in [0.1, 0.15) is 12.4 Å². The number of nitrogens with one attached hydrogen (secondary N) is 1. The molecule has 9 nitrogen and oxygen atoms in total. The monoisotopic (exact) mass is 409 g/mol. The van der Waals surface area contributed by atoms with E-state index in [0.717, 1.165) is 0 Å². The number of carbonyl (C=O) groups is 2. The van der Waals surface area contributed by atoms with E-state index in [9.17, 15) is 19.2 Å². The summed E-state index contributed by atoms with van der Waals surface area (Å²) in [4.78, 5) is 26.4. The summed E-state index contributed by atoms with van der Waals surface area (Å²) in [5.74, 6) is -1.55. The summed E-state index contributed by atoms with van der Waals surface area (Å²) in [7, 11) is 0. The lowest BCUT2D eigenvalue weighted by molar-refractivity contribution is -0.768. The molecule has 0 radical (unpaired) electrons. The zero-order valence-electron chi connectivity index (χ0n) is 16.2. The number of benzene rings is 1. The average molecular weight is 409 g/mol. The molecule has 4 rings (SSSR count). The second-order valence-electron chi connectivity index (χ2n) is 7.53. The molecule has 1 aromatic rings. The minimum Gasteiger partial charge on any atom is -0.627 e. The Labute approximate surface area is 167 Å². The highest BCUT2D eigenvalue weighted by atomic mass is 19.1. The van der Waals surface area contributed by atoms with Crippen molar-refractivity contribution in [2.24, 2.45) is 0 Å². The van der Waals surface area contributed by atoms with Crippen LogP contribution in [0.1, 0.15) is 19.8 Å². The predicted octanol–water partition coefficient (Wildman–Crippen LogP) is 0.423. The average Bonchev–Trinajstić information content (AvgIpc) is 3.29. The van der Waals surface area contributed by atoms with Gasteiger partial charge in [0.25, 0.3) is 0 Å². The number of carbonyl (C=O) groups excluding carboxylic acids is 2. The van der Waals surface area contributed by atoms with Crippen molar-refractivity contribution in [3.63, 3.8) is 0 Å². The maximum Gasteiger partial charge on any atom is 0.414 e. The SMILES string of the molecule is CC(=O)[N@@H+]([O-])CC1CN(c2ccc(N3CCC4(CC3)OCCO4)c(F)c2)C(=O)O1. The quantitative estimate of drug-likeness (QED) is 0.721. The smallest absolute Gasteiger partial charge is 0.414 e. The van der Waals surface area contributed by atoms with Gasteiger partial charge in [0.05, 0.1) is 38.1 Å². The number of nitrogens with zero attached hydrogens (tertiary/aromatic N) is 2. The van der Waals surface area contributed by atoms with Crippen LogP contribution in [-0.2, 0) is 19.0 Å². The molecular weight excluding hydrogens is 385 g/mol. The molecule has 3 aliphatic heterocycles. The summed E-state index contributed by atoms with van der Waals surface area (Å²) in [5.41, 5.74) is 0.808. The van der Waals surface area contributed by atoms with E-state index in [2.05, 4.69) is 0 Å². The first-order valence-electron chi connectivity index (χ1n) is 9.71. The molecule has 3 fully saturated rings. The number of halogens is 1. The van der Waals surface area contributed by atoms with Crippen LogP contribution < -0.4 is 14.9 Å². The van der Waals surface area contributed by atoms with Crippen molar-refractivity contribution >= 4 is 23.4 Å². The molecule has 0 bridgehead atoms. The lowest BCUT2D eigenvalue weighted by atomic mass is 10.0. The van der Waals surface area contributed by atoms with Gasteiger partial charge < -0.3 is 29.4 Å². The number of rotatable bonds is 4. The largest absolute Gasteiger partial charge is 0.627 e. The van der Waals surface area contributed by atoms with Gasteiger partial charge in [0.2, 0.25) is 0 Å². The fourth-order valence-corrected chi connectivity index (χ4v) is 3.98. The minimum absolute atomic E-state index is 0.0948. The highest BCUT2D eigenvalue weighted by Crippen LogP contribution is 2.35. The summed E-state index contributed by atoms with van der Waals surface area (Å²) < 4.78 is 31.4. The van der Waals surface area contributed by atoms with E-state index in [4.69, 9.17) is 14.2 Å². The first-order chi connectivity index (χ1) is 13.9. The molecule has 10 heteroatoms. The van der Waals surface area contributed by atoms with Gasteiger partial charge in [-0.1, -0.05) is 0 Å². The molecule has 3 heterocycles. The second-order valence-corrected chi connectivity index (χ2v) is 7.53. The maximum absolute atomic E-state index is 14.8. The molecule has 2 atom stereocenters. The van der Waals surface area contributed by atoms with E-state index >= 15 is 0 Å². The molecular formula is C19H24FN3O6. The topological polar surface area (TPSA) is 95.8 Å². The Morgan fingerprint density at radius 3 is 2.62 bits per heavy atom. The van der Waals surface area contributed by atoms with Crippen molar-refractivity contribution in [3.8, 4) is 0 Å². The lowest BCUT2D eigenvalue weighted by Crippen LogP contribution is -3.10. The summed E-state index contributed by atoms with van der Waals surface area (Å²) in [6, 6.07) is 4.58. The van der Waals surface area contributed by atoms with Crippen LogP contribution in [0.2, 0.25) is 0 Å². The fraction of sp³-hybridized carbons (Fsp3) is 0.579. The van der Waals surface area contributed by atoms with Crippen LogP contribution in [0.4, 0.5) is 20.6 Å². The first kappa shape index (κ1) is 20.0. The Balaban J connectivity index is 1.41. The van der Waals surface area contributed by atoms with Gasteiger partial charge in [-0.05, 0) is 18.2 Å². The molecule has 1 aromatic carbocycles. The maximum atomic E-state index is 14.8. The van der Waals surface area contributed by atoms with E-state index in [-0.39, 0.29) is 13.1 Å². The molecule has 3 saturated heterocycles. The Morgan fingerprint density at radius 1 is 1.31 bits per heavy atom. The third kappa shape index (κ3) is 4.06. The zero-order chi connectivity index (χ0) is 20.6. The summed E-state index contributed by atoms with van der Waals surface area (Å²) in [5, 5.41) is 11.0. The van der Waals surface area contributed by atoms with Gasteiger partial charge in [0, 0.05) is 25.9 Å². The van der Waals surface area contributed by atoms with E-state index in [1.807, 2.05) is 4.90 Å².